The normalized spacial score (nSPS) is 19.4. The first-order chi connectivity index (χ1) is 19.6. The molecule has 2 atom stereocenters. The van der Waals surface area contributed by atoms with Crippen molar-refractivity contribution in [2.75, 3.05) is 26.3 Å². The van der Waals surface area contributed by atoms with Crippen LogP contribution in [0.25, 0.3) is 0 Å². The molecule has 2 fully saturated rings. The molecule has 2 aliphatic heterocycles. The molecule has 13 nitrogen and oxygen atoms in total. The van der Waals surface area contributed by atoms with Crippen LogP contribution in [0.1, 0.15) is 72.8 Å². The molecule has 0 aliphatic carbocycles. The second-order valence-electron chi connectivity index (χ2n) is 12.3. The molecule has 0 bridgehead atoms. The molecule has 13 heteroatoms. The number of hydrogen-bond acceptors (Lipinski definition) is 10. The highest BCUT2D eigenvalue weighted by atomic mass is 16.6. The van der Waals surface area contributed by atoms with E-state index in [2.05, 4.69) is 5.16 Å². The summed E-state index contributed by atoms with van der Waals surface area (Å²) in [6.45, 7) is 10.6. The Morgan fingerprint density at radius 3 is 1.57 bits per heavy atom. The maximum atomic E-state index is 13.0. The van der Waals surface area contributed by atoms with E-state index in [4.69, 9.17) is 24.7 Å². The highest BCUT2D eigenvalue weighted by Crippen LogP contribution is 2.26. The summed E-state index contributed by atoms with van der Waals surface area (Å²) in [6, 6.07) is 2.98. The molecular weight excluding hydrogens is 548 g/mol. The van der Waals surface area contributed by atoms with Crippen LogP contribution in [0, 0.1) is 0 Å². The lowest BCUT2D eigenvalue weighted by Crippen LogP contribution is -2.45. The predicted molar refractivity (Wildman–Crippen MR) is 151 cm³/mol. The Hall–Kier alpha value is -4.03. The Labute approximate surface area is 245 Å². The number of nitrogens with two attached hydrogens (primary N) is 1. The third kappa shape index (κ3) is 8.98. The molecule has 2 saturated heterocycles. The lowest BCUT2D eigenvalue weighted by molar-refractivity contribution is -0.164. The SMILES string of the molecule is CC(C)(C)OC(=O)[C@H]1CCCN1C(=O)COc1cc(OCC(=O)N2CCC[C@@H]2C(=O)OC(C)(C)C)cc(/C(N)=N/O)c1. The Bertz CT molecular complexity index is 1120. The summed E-state index contributed by atoms with van der Waals surface area (Å²) in [5, 5.41) is 12.2. The fraction of sp³-hybridized carbons (Fsp3) is 0.621. The number of nitrogens with zero attached hydrogens (tertiary/aromatic N) is 3. The smallest absolute Gasteiger partial charge is 0.329 e. The first-order valence-electron chi connectivity index (χ1n) is 14.0. The molecule has 0 saturated carbocycles. The Balaban J connectivity index is 1.67. The van der Waals surface area contributed by atoms with Crippen LogP contribution in [0.5, 0.6) is 11.5 Å². The van der Waals surface area contributed by atoms with E-state index in [9.17, 15) is 24.4 Å². The molecule has 232 valence electrons. The standard InChI is InChI=1S/C29H42N4O9/c1-28(2,3)41-26(36)21-9-7-11-32(21)23(34)16-39-19-13-18(25(30)31-38)14-20(15-19)40-17-24(35)33-12-8-10-22(33)27(37)42-29(4,5)6/h13-15,21-22,38H,7-12,16-17H2,1-6H3,(H2,30,31)/t21-,22-/m1/s1. The number of benzene rings is 1. The van der Waals surface area contributed by atoms with Gasteiger partial charge in [0, 0.05) is 24.7 Å². The summed E-state index contributed by atoms with van der Waals surface area (Å²) < 4.78 is 22.4. The molecule has 2 aliphatic rings. The van der Waals surface area contributed by atoms with Crippen LogP contribution < -0.4 is 15.2 Å². The van der Waals surface area contributed by atoms with Crippen molar-refractivity contribution in [1.82, 2.24) is 9.80 Å². The minimum absolute atomic E-state index is 0.163. The van der Waals surface area contributed by atoms with Gasteiger partial charge in [0.15, 0.2) is 19.0 Å². The number of ether oxygens (including phenoxy) is 4. The van der Waals surface area contributed by atoms with Gasteiger partial charge in [0.25, 0.3) is 11.8 Å². The monoisotopic (exact) mass is 590 g/mol. The van der Waals surface area contributed by atoms with Crippen molar-refractivity contribution in [3.05, 3.63) is 23.8 Å². The highest BCUT2D eigenvalue weighted by Gasteiger charge is 2.38. The molecule has 2 heterocycles. The number of rotatable bonds is 9. The maximum absolute atomic E-state index is 13.0. The molecular formula is C29H42N4O9. The summed E-state index contributed by atoms with van der Waals surface area (Å²) in [4.78, 5) is 54.1. The molecule has 1 aromatic rings. The van der Waals surface area contributed by atoms with Gasteiger partial charge in [-0.25, -0.2) is 9.59 Å². The van der Waals surface area contributed by atoms with Crippen LogP contribution in [-0.2, 0) is 28.7 Å². The molecule has 0 unspecified atom stereocenters. The van der Waals surface area contributed by atoms with Gasteiger partial charge in [-0.05, 0) is 79.4 Å². The van der Waals surface area contributed by atoms with Gasteiger partial charge < -0.3 is 39.7 Å². The van der Waals surface area contributed by atoms with E-state index in [1.54, 1.807) is 41.5 Å². The molecule has 0 spiro atoms. The number of carbonyl (C=O) groups is 4. The van der Waals surface area contributed by atoms with E-state index in [1.807, 2.05) is 0 Å². The summed E-state index contributed by atoms with van der Waals surface area (Å²) in [5.41, 5.74) is 4.65. The predicted octanol–water partition coefficient (Wildman–Crippen LogP) is 2.20. The zero-order chi connectivity index (χ0) is 31.2. The van der Waals surface area contributed by atoms with Crippen LogP contribution in [0.3, 0.4) is 0 Å². The number of oxime groups is 1. The van der Waals surface area contributed by atoms with E-state index >= 15 is 0 Å². The molecule has 3 N–H and O–H groups in total. The first kappa shape index (κ1) is 32.5. The van der Waals surface area contributed by atoms with Crippen LogP contribution in [0.4, 0.5) is 0 Å². The van der Waals surface area contributed by atoms with Gasteiger partial charge >= 0.3 is 11.9 Å². The Morgan fingerprint density at radius 1 is 0.810 bits per heavy atom. The van der Waals surface area contributed by atoms with Gasteiger partial charge in [-0.1, -0.05) is 5.16 Å². The Morgan fingerprint density at radius 2 is 1.21 bits per heavy atom. The Kier molecular flexibility index (Phi) is 10.3. The lowest BCUT2D eigenvalue weighted by Gasteiger charge is -2.27. The van der Waals surface area contributed by atoms with Crippen LogP contribution in [0.15, 0.2) is 23.4 Å². The fourth-order valence-corrected chi connectivity index (χ4v) is 4.76. The van der Waals surface area contributed by atoms with Crippen molar-refractivity contribution in [2.24, 2.45) is 10.9 Å². The van der Waals surface area contributed by atoms with Crippen molar-refractivity contribution in [2.45, 2.75) is 90.5 Å². The minimum Gasteiger partial charge on any atom is -0.484 e. The van der Waals surface area contributed by atoms with E-state index < -0.39 is 47.0 Å². The fourth-order valence-electron chi connectivity index (χ4n) is 4.76. The van der Waals surface area contributed by atoms with Gasteiger partial charge in [-0.3, -0.25) is 9.59 Å². The van der Waals surface area contributed by atoms with Crippen molar-refractivity contribution in [3.8, 4) is 11.5 Å². The molecule has 3 rings (SSSR count). The van der Waals surface area contributed by atoms with Gasteiger partial charge in [-0.2, -0.15) is 0 Å². The zero-order valence-corrected chi connectivity index (χ0v) is 25.2. The molecule has 42 heavy (non-hydrogen) atoms. The summed E-state index contributed by atoms with van der Waals surface area (Å²) in [5.74, 6) is -1.65. The number of amides is 2. The van der Waals surface area contributed by atoms with E-state index in [0.29, 0.717) is 38.8 Å². The van der Waals surface area contributed by atoms with E-state index in [-0.39, 0.29) is 36.1 Å². The summed E-state index contributed by atoms with van der Waals surface area (Å²) in [7, 11) is 0. The number of amidine groups is 1. The topological polar surface area (TPSA) is 170 Å². The highest BCUT2D eigenvalue weighted by molar-refractivity contribution is 5.98. The molecule has 0 aromatic heterocycles. The average Bonchev–Trinajstić information content (AvgIpc) is 3.58. The summed E-state index contributed by atoms with van der Waals surface area (Å²) >= 11 is 0. The molecule has 2 amide bonds. The van der Waals surface area contributed by atoms with Crippen LogP contribution >= 0.6 is 0 Å². The van der Waals surface area contributed by atoms with E-state index in [1.165, 1.54) is 28.0 Å². The average molecular weight is 591 g/mol. The maximum Gasteiger partial charge on any atom is 0.329 e. The number of carbonyl (C=O) groups excluding carboxylic acids is 4. The first-order valence-corrected chi connectivity index (χ1v) is 14.0. The third-order valence-corrected chi connectivity index (χ3v) is 6.51. The molecule has 1 aromatic carbocycles. The van der Waals surface area contributed by atoms with Gasteiger partial charge in [0.05, 0.1) is 0 Å². The zero-order valence-electron chi connectivity index (χ0n) is 25.2. The van der Waals surface area contributed by atoms with Gasteiger partial charge in [0.2, 0.25) is 0 Å². The second-order valence-corrected chi connectivity index (χ2v) is 12.3. The lowest BCUT2D eigenvalue weighted by atomic mass is 10.1. The van der Waals surface area contributed by atoms with Gasteiger partial charge in [0.1, 0.15) is 34.8 Å². The number of likely N-dealkylation sites (tertiary alicyclic amines) is 2. The third-order valence-electron chi connectivity index (χ3n) is 6.51. The minimum atomic E-state index is -0.691. The molecule has 0 radical (unpaired) electrons. The second kappa shape index (κ2) is 13.3. The van der Waals surface area contributed by atoms with Crippen molar-refractivity contribution >= 4 is 29.6 Å². The van der Waals surface area contributed by atoms with E-state index in [0.717, 1.165) is 0 Å². The van der Waals surface area contributed by atoms with Gasteiger partial charge in [-0.15, -0.1) is 0 Å². The number of hydrogen-bond donors (Lipinski definition) is 2. The van der Waals surface area contributed by atoms with Crippen molar-refractivity contribution in [1.29, 1.82) is 0 Å². The van der Waals surface area contributed by atoms with Crippen LogP contribution in [-0.4, -0.2) is 94.2 Å². The summed E-state index contributed by atoms with van der Waals surface area (Å²) in [6.07, 6.45) is 2.31. The van der Waals surface area contributed by atoms with Crippen molar-refractivity contribution < 1.29 is 43.3 Å². The van der Waals surface area contributed by atoms with Crippen molar-refractivity contribution in [3.63, 3.8) is 0 Å². The largest absolute Gasteiger partial charge is 0.484 e. The number of esters is 2. The van der Waals surface area contributed by atoms with Crippen LogP contribution in [0.2, 0.25) is 0 Å². The quantitative estimate of drug-likeness (QED) is 0.143.